The van der Waals surface area contributed by atoms with Gasteiger partial charge in [-0.2, -0.15) is 0 Å². The van der Waals surface area contributed by atoms with Crippen molar-refractivity contribution in [2.45, 2.75) is 45.3 Å². The Morgan fingerprint density at radius 2 is 1.62 bits per heavy atom. The number of hydrogen-bond donors (Lipinski definition) is 0. The number of carbonyl (C=O) groups excluding carboxylic acids is 2. The number of rotatable bonds is 2. The molecule has 0 aromatic heterocycles. The van der Waals surface area contributed by atoms with Crippen LogP contribution in [0, 0.1) is 0 Å². The number of ether oxygens (including phenoxy) is 2. The Kier molecular flexibility index (Phi) is 5.99. The zero-order chi connectivity index (χ0) is 17.9. The molecule has 0 saturated carbocycles. The molecule has 0 spiro atoms. The number of carbonyl (C=O) groups is 2. The number of halogens is 2. The number of hydrogen-bond acceptors (Lipinski definition) is 4. The van der Waals surface area contributed by atoms with E-state index in [0.29, 0.717) is 41.5 Å². The Balaban J connectivity index is 1.86. The van der Waals surface area contributed by atoms with Gasteiger partial charge in [0.15, 0.2) is 0 Å². The second kappa shape index (κ2) is 7.62. The Morgan fingerprint density at radius 3 is 2.12 bits per heavy atom. The van der Waals surface area contributed by atoms with Crippen molar-refractivity contribution in [1.82, 2.24) is 4.90 Å². The molecule has 0 atom stereocenters. The van der Waals surface area contributed by atoms with Gasteiger partial charge in [0.2, 0.25) is 0 Å². The van der Waals surface area contributed by atoms with E-state index in [9.17, 15) is 9.59 Å². The number of likely N-dealkylation sites (tertiary alicyclic amines) is 1. The van der Waals surface area contributed by atoms with Crippen molar-refractivity contribution in [3.63, 3.8) is 0 Å². The van der Waals surface area contributed by atoms with Gasteiger partial charge < -0.3 is 14.4 Å². The van der Waals surface area contributed by atoms with E-state index >= 15 is 0 Å². The molecule has 132 valence electrons. The van der Waals surface area contributed by atoms with E-state index in [1.165, 1.54) is 12.1 Å². The van der Waals surface area contributed by atoms with E-state index in [2.05, 4.69) is 0 Å². The van der Waals surface area contributed by atoms with E-state index < -0.39 is 11.6 Å². The lowest BCUT2D eigenvalue weighted by atomic mass is 10.1. The highest BCUT2D eigenvalue weighted by molar-refractivity contribution is 6.35. The molecule has 1 aromatic rings. The van der Waals surface area contributed by atoms with Crippen molar-refractivity contribution in [3.8, 4) is 0 Å². The minimum absolute atomic E-state index is 0.242. The van der Waals surface area contributed by atoms with Crippen LogP contribution in [-0.2, 0) is 9.47 Å². The quantitative estimate of drug-likeness (QED) is 0.713. The van der Waals surface area contributed by atoms with Crippen LogP contribution in [0.4, 0.5) is 4.79 Å². The highest BCUT2D eigenvalue weighted by Gasteiger charge is 2.28. The van der Waals surface area contributed by atoms with E-state index in [1.54, 1.807) is 11.0 Å². The molecule has 1 aliphatic rings. The van der Waals surface area contributed by atoms with Crippen LogP contribution >= 0.6 is 23.2 Å². The Hall–Kier alpha value is -1.46. The van der Waals surface area contributed by atoms with Crippen molar-refractivity contribution in [3.05, 3.63) is 33.8 Å². The molecule has 0 unspecified atom stereocenters. The van der Waals surface area contributed by atoms with Crippen LogP contribution in [0.3, 0.4) is 0 Å². The predicted octanol–water partition coefficient (Wildman–Crippen LogP) is 4.55. The molecule has 2 rings (SSSR count). The van der Waals surface area contributed by atoms with E-state index in [0.717, 1.165) is 0 Å². The first-order valence-corrected chi connectivity index (χ1v) is 8.54. The van der Waals surface area contributed by atoms with Crippen molar-refractivity contribution < 1.29 is 19.1 Å². The van der Waals surface area contributed by atoms with Crippen LogP contribution in [0.25, 0.3) is 0 Å². The smallest absolute Gasteiger partial charge is 0.410 e. The highest BCUT2D eigenvalue weighted by atomic mass is 35.5. The van der Waals surface area contributed by atoms with Crippen LogP contribution in [0.1, 0.15) is 44.0 Å². The fourth-order valence-electron chi connectivity index (χ4n) is 2.37. The number of amides is 1. The molecule has 1 aromatic carbocycles. The zero-order valence-corrected chi connectivity index (χ0v) is 15.5. The van der Waals surface area contributed by atoms with Gasteiger partial charge >= 0.3 is 12.1 Å². The monoisotopic (exact) mass is 373 g/mol. The van der Waals surface area contributed by atoms with Crippen molar-refractivity contribution >= 4 is 35.3 Å². The second-order valence-corrected chi connectivity index (χ2v) is 7.60. The van der Waals surface area contributed by atoms with Gasteiger partial charge in [-0.25, -0.2) is 9.59 Å². The number of piperidine rings is 1. The summed E-state index contributed by atoms with van der Waals surface area (Å²) < 4.78 is 10.8. The van der Waals surface area contributed by atoms with Crippen LogP contribution in [0.15, 0.2) is 18.2 Å². The molecule has 24 heavy (non-hydrogen) atoms. The highest BCUT2D eigenvalue weighted by Crippen LogP contribution is 2.22. The molecule has 0 bridgehead atoms. The van der Waals surface area contributed by atoms with E-state index in [4.69, 9.17) is 32.7 Å². The standard InChI is InChI=1S/C17H21Cl2NO4/c1-17(2,3)24-16(22)20-6-4-14(5-7-20)23-15(21)11-8-12(18)10-13(19)9-11/h8-10,14H,4-7H2,1-3H3. The predicted molar refractivity (Wildman–Crippen MR) is 92.7 cm³/mol. The summed E-state index contributed by atoms with van der Waals surface area (Å²) in [6.45, 7) is 6.47. The molecule has 0 N–H and O–H groups in total. The lowest BCUT2D eigenvalue weighted by molar-refractivity contribution is -0.00340. The van der Waals surface area contributed by atoms with Gasteiger partial charge in [-0.15, -0.1) is 0 Å². The van der Waals surface area contributed by atoms with Crippen molar-refractivity contribution in [2.75, 3.05) is 13.1 Å². The SMILES string of the molecule is CC(C)(C)OC(=O)N1CCC(OC(=O)c2cc(Cl)cc(Cl)c2)CC1. The number of nitrogens with zero attached hydrogens (tertiary/aromatic N) is 1. The van der Waals surface area contributed by atoms with Crippen molar-refractivity contribution in [1.29, 1.82) is 0 Å². The third kappa shape index (κ3) is 5.56. The number of benzene rings is 1. The topological polar surface area (TPSA) is 55.8 Å². The summed E-state index contributed by atoms with van der Waals surface area (Å²) in [5, 5.41) is 0.767. The maximum atomic E-state index is 12.2. The molecule has 1 saturated heterocycles. The summed E-state index contributed by atoms with van der Waals surface area (Å²) in [4.78, 5) is 25.8. The summed E-state index contributed by atoms with van der Waals surface area (Å²) in [6.07, 6.45) is 0.557. The molecule has 1 aliphatic heterocycles. The molecule has 0 aliphatic carbocycles. The lowest BCUT2D eigenvalue weighted by Gasteiger charge is -2.33. The van der Waals surface area contributed by atoms with Gasteiger partial charge in [-0.1, -0.05) is 23.2 Å². The van der Waals surface area contributed by atoms with Gasteiger partial charge in [-0.05, 0) is 39.0 Å². The second-order valence-electron chi connectivity index (χ2n) is 6.73. The third-order valence-corrected chi connectivity index (χ3v) is 3.90. The fourth-order valence-corrected chi connectivity index (χ4v) is 2.90. The average molecular weight is 374 g/mol. The summed E-state index contributed by atoms with van der Waals surface area (Å²) in [6, 6.07) is 4.59. The van der Waals surface area contributed by atoms with Crippen LogP contribution in [0.2, 0.25) is 10.0 Å². The maximum Gasteiger partial charge on any atom is 0.410 e. The molecule has 1 amide bonds. The molecule has 5 nitrogen and oxygen atoms in total. The first-order chi connectivity index (χ1) is 11.1. The molecular formula is C17H21Cl2NO4. The first-order valence-electron chi connectivity index (χ1n) is 7.79. The van der Waals surface area contributed by atoms with Crippen molar-refractivity contribution in [2.24, 2.45) is 0 Å². The molecule has 7 heteroatoms. The van der Waals surface area contributed by atoms with Gasteiger partial charge in [0, 0.05) is 36.0 Å². The summed E-state index contributed by atoms with van der Waals surface area (Å²) in [5.41, 5.74) is -0.200. The molecule has 0 radical (unpaired) electrons. The van der Waals surface area contributed by atoms with Gasteiger partial charge in [0.25, 0.3) is 0 Å². The Labute approximate surface area is 151 Å². The Bertz CT molecular complexity index is 599. The van der Waals surface area contributed by atoms with E-state index in [1.807, 2.05) is 20.8 Å². The fraction of sp³-hybridized carbons (Fsp3) is 0.529. The average Bonchev–Trinajstić information content (AvgIpc) is 2.45. The Morgan fingerprint density at radius 1 is 1.08 bits per heavy atom. The zero-order valence-electron chi connectivity index (χ0n) is 14.0. The summed E-state index contributed by atoms with van der Waals surface area (Å²) >= 11 is 11.8. The minimum Gasteiger partial charge on any atom is -0.459 e. The van der Waals surface area contributed by atoms with E-state index in [-0.39, 0.29) is 12.2 Å². The first kappa shape index (κ1) is 18.9. The summed E-state index contributed by atoms with van der Waals surface area (Å²) in [7, 11) is 0. The molecular weight excluding hydrogens is 353 g/mol. The third-order valence-electron chi connectivity index (χ3n) is 3.47. The van der Waals surface area contributed by atoms with Gasteiger partial charge in [-0.3, -0.25) is 0 Å². The lowest BCUT2D eigenvalue weighted by Crippen LogP contribution is -2.43. The number of esters is 1. The van der Waals surface area contributed by atoms with Crippen LogP contribution < -0.4 is 0 Å². The van der Waals surface area contributed by atoms with Crippen LogP contribution in [0.5, 0.6) is 0 Å². The molecule has 1 heterocycles. The van der Waals surface area contributed by atoms with Gasteiger partial charge in [0.1, 0.15) is 11.7 Å². The minimum atomic E-state index is -0.522. The van der Waals surface area contributed by atoms with Gasteiger partial charge in [0.05, 0.1) is 5.56 Å². The summed E-state index contributed by atoms with van der Waals surface area (Å²) in [5.74, 6) is -0.463. The largest absolute Gasteiger partial charge is 0.459 e. The maximum absolute atomic E-state index is 12.2. The van der Waals surface area contributed by atoms with Crippen LogP contribution in [-0.4, -0.2) is 41.8 Å². The normalized spacial score (nSPS) is 16.0. The molecule has 1 fully saturated rings.